The molecule has 1 aromatic carbocycles. The van der Waals surface area contributed by atoms with Crippen molar-refractivity contribution in [3.05, 3.63) is 38.9 Å². The highest BCUT2D eigenvalue weighted by Crippen LogP contribution is 2.22. The van der Waals surface area contributed by atoms with E-state index in [2.05, 4.69) is 16.0 Å². The standard InChI is InChI=1S/C12H9ClN2O5/c1-2-5-14-11(16)7-20-12(17)9-6-8(15(18)19)3-4-10(9)13/h1,3-4,6H,5,7H2,(H,14,16). The highest BCUT2D eigenvalue weighted by molar-refractivity contribution is 6.33. The molecule has 0 unspecified atom stereocenters. The number of halogens is 1. The van der Waals surface area contributed by atoms with Crippen molar-refractivity contribution in [2.45, 2.75) is 0 Å². The number of carbonyl (C=O) groups excluding carboxylic acids is 2. The van der Waals surface area contributed by atoms with Crippen LogP contribution < -0.4 is 5.32 Å². The van der Waals surface area contributed by atoms with Gasteiger partial charge in [-0.25, -0.2) is 4.79 Å². The Bertz CT molecular complexity index is 594. The van der Waals surface area contributed by atoms with Gasteiger partial charge in [-0.05, 0) is 6.07 Å². The molecule has 1 aromatic rings. The maximum absolute atomic E-state index is 11.7. The van der Waals surface area contributed by atoms with Gasteiger partial charge >= 0.3 is 5.97 Å². The van der Waals surface area contributed by atoms with E-state index in [1.807, 2.05) is 0 Å². The van der Waals surface area contributed by atoms with Crippen molar-refractivity contribution >= 4 is 29.2 Å². The Morgan fingerprint density at radius 2 is 2.20 bits per heavy atom. The number of hydrogen-bond donors (Lipinski definition) is 1. The molecule has 104 valence electrons. The van der Waals surface area contributed by atoms with Crippen molar-refractivity contribution in [1.82, 2.24) is 5.32 Å². The fourth-order valence-corrected chi connectivity index (χ4v) is 1.39. The summed E-state index contributed by atoms with van der Waals surface area (Å²) in [5.41, 5.74) is -0.497. The van der Waals surface area contributed by atoms with Crippen LogP contribution in [0.2, 0.25) is 5.02 Å². The number of nitrogens with one attached hydrogen (secondary N) is 1. The molecule has 8 heteroatoms. The van der Waals surface area contributed by atoms with Crippen molar-refractivity contribution in [3.63, 3.8) is 0 Å². The van der Waals surface area contributed by atoms with Crippen LogP contribution >= 0.6 is 11.6 Å². The van der Waals surface area contributed by atoms with Crippen molar-refractivity contribution < 1.29 is 19.2 Å². The van der Waals surface area contributed by atoms with Crippen LogP contribution in [0.4, 0.5) is 5.69 Å². The van der Waals surface area contributed by atoms with Gasteiger partial charge < -0.3 is 10.1 Å². The Hall–Kier alpha value is -2.59. The number of nitro groups is 1. The van der Waals surface area contributed by atoms with Crippen molar-refractivity contribution in [2.24, 2.45) is 0 Å². The molecule has 20 heavy (non-hydrogen) atoms. The quantitative estimate of drug-likeness (QED) is 0.380. The lowest BCUT2D eigenvalue weighted by Gasteiger charge is -2.06. The van der Waals surface area contributed by atoms with Crippen molar-refractivity contribution in [1.29, 1.82) is 0 Å². The van der Waals surface area contributed by atoms with Gasteiger partial charge in [0.2, 0.25) is 0 Å². The Morgan fingerprint density at radius 1 is 1.50 bits per heavy atom. The Labute approximate surface area is 119 Å². The molecule has 0 aliphatic carbocycles. The Morgan fingerprint density at radius 3 is 2.80 bits per heavy atom. The predicted octanol–water partition coefficient (Wildman–Crippen LogP) is 1.15. The highest BCUT2D eigenvalue weighted by atomic mass is 35.5. The third-order valence-electron chi connectivity index (χ3n) is 2.10. The lowest BCUT2D eigenvalue weighted by atomic mass is 10.2. The maximum atomic E-state index is 11.7. The number of amides is 1. The number of benzene rings is 1. The number of nitro benzene ring substituents is 1. The zero-order valence-corrected chi connectivity index (χ0v) is 10.8. The van der Waals surface area contributed by atoms with E-state index in [0.717, 1.165) is 12.1 Å². The molecule has 0 saturated carbocycles. The molecule has 0 saturated heterocycles. The molecule has 0 aliphatic rings. The van der Waals surface area contributed by atoms with Crippen molar-refractivity contribution in [2.75, 3.05) is 13.2 Å². The van der Waals surface area contributed by atoms with Gasteiger partial charge in [-0.2, -0.15) is 0 Å². The summed E-state index contributed by atoms with van der Waals surface area (Å²) in [6, 6.07) is 3.33. The monoisotopic (exact) mass is 296 g/mol. The van der Waals surface area contributed by atoms with Crippen LogP contribution in [0.25, 0.3) is 0 Å². The van der Waals surface area contributed by atoms with Crippen LogP contribution in [-0.2, 0) is 9.53 Å². The average molecular weight is 297 g/mol. The van der Waals surface area contributed by atoms with Gasteiger partial charge in [0.1, 0.15) is 0 Å². The molecule has 0 atom stereocenters. The third kappa shape index (κ3) is 4.26. The van der Waals surface area contributed by atoms with Gasteiger partial charge in [-0.15, -0.1) is 6.42 Å². The highest BCUT2D eigenvalue weighted by Gasteiger charge is 2.17. The number of hydrogen-bond acceptors (Lipinski definition) is 5. The first-order chi connectivity index (χ1) is 9.45. The van der Waals surface area contributed by atoms with E-state index in [4.69, 9.17) is 18.0 Å². The van der Waals surface area contributed by atoms with Crippen LogP contribution in [0.1, 0.15) is 10.4 Å². The topological polar surface area (TPSA) is 98.5 Å². The number of terminal acetylenes is 1. The van der Waals surface area contributed by atoms with Crippen LogP contribution in [0.15, 0.2) is 18.2 Å². The van der Waals surface area contributed by atoms with Crippen LogP contribution in [0.3, 0.4) is 0 Å². The summed E-state index contributed by atoms with van der Waals surface area (Å²) in [4.78, 5) is 32.8. The van der Waals surface area contributed by atoms with E-state index in [9.17, 15) is 19.7 Å². The van der Waals surface area contributed by atoms with Gasteiger partial charge in [0.15, 0.2) is 6.61 Å². The molecule has 0 fully saturated rings. The number of ether oxygens (including phenoxy) is 1. The van der Waals surface area contributed by atoms with E-state index >= 15 is 0 Å². The lowest BCUT2D eigenvalue weighted by Crippen LogP contribution is -2.29. The van der Waals surface area contributed by atoms with Gasteiger partial charge in [0.25, 0.3) is 11.6 Å². The second kappa shape index (κ2) is 7.11. The zero-order valence-electron chi connectivity index (χ0n) is 10.1. The fourth-order valence-electron chi connectivity index (χ4n) is 1.19. The molecular formula is C12H9ClN2O5. The first-order valence-corrected chi connectivity index (χ1v) is 5.64. The normalized spacial score (nSPS) is 9.40. The third-order valence-corrected chi connectivity index (χ3v) is 2.43. The predicted molar refractivity (Wildman–Crippen MR) is 70.2 cm³/mol. The number of carbonyl (C=O) groups is 2. The largest absolute Gasteiger partial charge is 0.452 e. The maximum Gasteiger partial charge on any atom is 0.340 e. The number of rotatable bonds is 5. The zero-order chi connectivity index (χ0) is 15.1. The Balaban J connectivity index is 2.73. The number of non-ortho nitro benzene ring substituents is 1. The minimum Gasteiger partial charge on any atom is -0.452 e. The molecule has 0 spiro atoms. The molecule has 0 radical (unpaired) electrons. The van der Waals surface area contributed by atoms with Crippen LogP contribution in [-0.4, -0.2) is 30.0 Å². The minimum atomic E-state index is -0.936. The second-order valence-electron chi connectivity index (χ2n) is 3.48. The first kappa shape index (κ1) is 15.5. The van der Waals surface area contributed by atoms with E-state index in [-0.39, 0.29) is 22.8 Å². The van der Waals surface area contributed by atoms with Gasteiger partial charge in [0.05, 0.1) is 22.1 Å². The summed E-state index contributed by atoms with van der Waals surface area (Å²) in [5, 5.41) is 12.9. The number of nitrogens with zero attached hydrogens (tertiary/aromatic N) is 1. The molecule has 0 heterocycles. The number of esters is 1. The molecular weight excluding hydrogens is 288 g/mol. The summed E-state index contributed by atoms with van der Waals surface area (Å²) >= 11 is 5.74. The molecule has 0 aliphatic heterocycles. The molecule has 0 bridgehead atoms. The second-order valence-corrected chi connectivity index (χ2v) is 3.89. The van der Waals surface area contributed by atoms with Crippen molar-refractivity contribution in [3.8, 4) is 12.3 Å². The minimum absolute atomic E-state index is 0.00789. The van der Waals surface area contributed by atoms with Gasteiger partial charge in [0, 0.05) is 12.1 Å². The van der Waals surface area contributed by atoms with E-state index in [1.165, 1.54) is 6.07 Å². The average Bonchev–Trinajstić information content (AvgIpc) is 2.42. The van der Waals surface area contributed by atoms with E-state index < -0.39 is 23.4 Å². The SMILES string of the molecule is C#CCNC(=O)COC(=O)c1cc([N+](=O)[O-])ccc1Cl. The summed E-state index contributed by atoms with van der Waals surface area (Å²) in [6.07, 6.45) is 4.93. The van der Waals surface area contributed by atoms with Gasteiger partial charge in [-0.3, -0.25) is 14.9 Å². The van der Waals surface area contributed by atoms with Crippen LogP contribution in [0.5, 0.6) is 0 Å². The van der Waals surface area contributed by atoms with Crippen LogP contribution in [0, 0.1) is 22.5 Å². The summed E-state index contributed by atoms with van der Waals surface area (Å²) < 4.78 is 4.68. The van der Waals surface area contributed by atoms with E-state index in [0.29, 0.717) is 0 Å². The molecule has 0 aromatic heterocycles. The van der Waals surface area contributed by atoms with E-state index in [1.54, 1.807) is 0 Å². The molecule has 7 nitrogen and oxygen atoms in total. The Kier molecular flexibility index (Phi) is 5.50. The molecule has 1 amide bonds. The molecule has 1 N–H and O–H groups in total. The smallest absolute Gasteiger partial charge is 0.340 e. The lowest BCUT2D eigenvalue weighted by molar-refractivity contribution is -0.384. The van der Waals surface area contributed by atoms with Gasteiger partial charge in [-0.1, -0.05) is 17.5 Å². The fraction of sp³-hybridized carbons (Fsp3) is 0.167. The first-order valence-electron chi connectivity index (χ1n) is 5.27. The summed E-state index contributed by atoms with van der Waals surface area (Å²) in [7, 11) is 0. The molecule has 1 rings (SSSR count). The summed E-state index contributed by atoms with van der Waals surface area (Å²) in [6.45, 7) is -0.548. The summed E-state index contributed by atoms with van der Waals surface area (Å²) in [5.74, 6) is 0.658.